The molecule has 1 amide bonds. The van der Waals surface area contributed by atoms with Crippen LogP contribution in [0.15, 0.2) is 45.5 Å². The average Bonchev–Trinajstić information content (AvgIpc) is 2.76. The lowest BCUT2D eigenvalue weighted by Crippen LogP contribution is -2.10. The van der Waals surface area contributed by atoms with Gasteiger partial charge in [0.15, 0.2) is 10.4 Å². The van der Waals surface area contributed by atoms with Crippen molar-refractivity contribution in [1.29, 1.82) is 0 Å². The molecule has 0 unspecified atom stereocenters. The van der Waals surface area contributed by atoms with Gasteiger partial charge in [0.25, 0.3) is 5.91 Å². The number of furan rings is 1. The summed E-state index contributed by atoms with van der Waals surface area (Å²) in [6.07, 6.45) is 0. The minimum atomic E-state index is -0.262. The van der Waals surface area contributed by atoms with E-state index in [0.29, 0.717) is 4.67 Å². The van der Waals surface area contributed by atoms with Crippen molar-refractivity contribution in [3.63, 3.8) is 0 Å². The third-order valence-electron chi connectivity index (χ3n) is 2.14. The van der Waals surface area contributed by atoms with Gasteiger partial charge < -0.3 is 9.73 Å². The highest BCUT2D eigenvalue weighted by Gasteiger charge is 2.10. The molecule has 0 fully saturated rings. The summed E-state index contributed by atoms with van der Waals surface area (Å²) >= 11 is 6.52. The Labute approximate surface area is 115 Å². The first-order valence-electron chi connectivity index (χ1n) is 4.90. The van der Waals surface area contributed by atoms with Crippen LogP contribution in [0.2, 0.25) is 0 Å². The number of anilines is 1. The highest BCUT2D eigenvalue weighted by molar-refractivity contribution is 9.10. The van der Waals surface area contributed by atoms with Crippen molar-refractivity contribution < 1.29 is 9.21 Å². The van der Waals surface area contributed by atoms with E-state index in [1.807, 2.05) is 24.3 Å². The standard InChI is InChI=1S/C12H9Br2NO2/c13-7-8-2-1-3-9(6-8)15-12(16)10-4-5-11(14)17-10/h1-6H,7H2,(H,15,16). The normalized spacial score (nSPS) is 10.2. The van der Waals surface area contributed by atoms with E-state index in [2.05, 4.69) is 37.2 Å². The van der Waals surface area contributed by atoms with Crippen molar-refractivity contribution in [1.82, 2.24) is 0 Å². The van der Waals surface area contributed by atoms with Crippen molar-refractivity contribution >= 4 is 43.5 Å². The number of carbonyl (C=O) groups is 1. The molecule has 0 saturated carbocycles. The number of nitrogens with one attached hydrogen (secondary N) is 1. The Balaban J connectivity index is 2.12. The molecule has 88 valence electrons. The van der Waals surface area contributed by atoms with Crippen LogP contribution in [0.25, 0.3) is 0 Å². The summed E-state index contributed by atoms with van der Waals surface area (Å²) in [5, 5.41) is 3.52. The fourth-order valence-corrected chi connectivity index (χ4v) is 2.02. The van der Waals surface area contributed by atoms with Crippen molar-refractivity contribution in [2.24, 2.45) is 0 Å². The summed E-state index contributed by atoms with van der Waals surface area (Å²) in [6, 6.07) is 10.9. The Hall–Kier alpha value is -1.07. The van der Waals surface area contributed by atoms with Gasteiger partial charge in [-0.05, 0) is 45.8 Å². The second kappa shape index (κ2) is 5.51. The highest BCUT2D eigenvalue weighted by atomic mass is 79.9. The second-order valence-electron chi connectivity index (χ2n) is 3.39. The van der Waals surface area contributed by atoms with E-state index in [4.69, 9.17) is 4.42 Å². The van der Waals surface area contributed by atoms with E-state index in [-0.39, 0.29) is 11.7 Å². The smallest absolute Gasteiger partial charge is 0.291 e. The van der Waals surface area contributed by atoms with Crippen LogP contribution in [0.3, 0.4) is 0 Å². The monoisotopic (exact) mass is 357 g/mol. The van der Waals surface area contributed by atoms with Gasteiger partial charge in [0.2, 0.25) is 0 Å². The van der Waals surface area contributed by atoms with Crippen LogP contribution in [-0.4, -0.2) is 5.91 Å². The Bertz CT molecular complexity index is 537. The molecule has 1 heterocycles. The van der Waals surface area contributed by atoms with Crippen LogP contribution in [-0.2, 0) is 5.33 Å². The van der Waals surface area contributed by atoms with E-state index < -0.39 is 0 Å². The molecular formula is C12H9Br2NO2. The summed E-state index contributed by atoms with van der Waals surface area (Å²) in [4.78, 5) is 11.8. The summed E-state index contributed by atoms with van der Waals surface area (Å²) in [5.41, 5.74) is 1.85. The van der Waals surface area contributed by atoms with Gasteiger partial charge in [-0.25, -0.2) is 0 Å². The molecule has 0 bridgehead atoms. The van der Waals surface area contributed by atoms with Gasteiger partial charge in [-0.2, -0.15) is 0 Å². The molecule has 0 atom stereocenters. The number of alkyl halides is 1. The molecule has 2 aromatic rings. The zero-order valence-corrected chi connectivity index (χ0v) is 11.9. The predicted molar refractivity (Wildman–Crippen MR) is 73.4 cm³/mol. The SMILES string of the molecule is O=C(Nc1cccc(CBr)c1)c1ccc(Br)o1. The van der Waals surface area contributed by atoms with Gasteiger partial charge in [0, 0.05) is 11.0 Å². The first-order chi connectivity index (χ1) is 8.19. The number of halogens is 2. The molecule has 2 rings (SSSR count). The van der Waals surface area contributed by atoms with Crippen molar-refractivity contribution in [2.75, 3.05) is 5.32 Å². The van der Waals surface area contributed by atoms with Crippen LogP contribution < -0.4 is 5.32 Å². The molecule has 1 aromatic carbocycles. The fourth-order valence-electron chi connectivity index (χ4n) is 1.36. The largest absolute Gasteiger partial charge is 0.444 e. The third-order valence-corrected chi connectivity index (χ3v) is 3.21. The number of rotatable bonds is 3. The van der Waals surface area contributed by atoms with Gasteiger partial charge in [-0.3, -0.25) is 4.79 Å². The zero-order chi connectivity index (χ0) is 12.3. The minimum Gasteiger partial charge on any atom is -0.444 e. The predicted octanol–water partition coefficient (Wildman–Crippen LogP) is 4.19. The molecule has 1 aromatic heterocycles. The van der Waals surface area contributed by atoms with E-state index in [0.717, 1.165) is 16.6 Å². The lowest BCUT2D eigenvalue weighted by Gasteiger charge is -2.04. The Morgan fingerprint density at radius 1 is 1.29 bits per heavy atom. The van der Waals surface area contributed by atoms with Crippen LogP contribution in [0.5, 0.6) is 0 Å². The Kier molecular flexibility index (Phi) is 4.02. The zero-order valence-electron chi connectivity index (χ0n) is 8.74. The lowest BCUT2D eigenvalue weighted by atomic mass is 10.2. The number of carbonyl (C=O) groups excluding carboxylic acids is 1. The average molecular weight is 359 g/mol. The van der Waals surface area contributed by atoms with E-state index in [9.17, 15) is 4.79 Å². The number of benzene rings is 1. The summed E-state index contributed by atoms with van der Waals surface area (Å²) in [7, 11) is 0. The first kappa shape index (κ1) is 12.4. The quantitative estimate of drug-likeness (QED) is 0.836. The third kappa shape index (κ3) is 3.20. The summed E-state index contributed by atoms with van der Waals surface area (Å²) in [5.74, 6) is 0.0172. The minimum absolute atomic E-state index is 0.262. The van der Waals surface area contributed by atoms with Crippen molar-refractivity contribution in [3.05, 3.63) is 52.4 Å². The molecule has 1 N–H and O–H groups in total. The maximum atomic E-state index is 11.8. The molecule has 17 heavy (non-hydrogen) atoms. The summed E-state index contributed by atoms with van der Waals surface area (Å²) < 4.78 is 5.71. The topological polar surface area (TPSA) is 42.2 Å². The Morgan fingerprint density at radius 2 is 2.12 bits per heavy atom. The molecular weight excluding hydrogens is 350 g/mol. The van der Waals surface area contributed by atoms with E-state index in [1.54, 1.807) is 12.1 Å². The van der Waals surface area contributed by atoms with Gasteiger partial charge in [0.1, 0.15) is 0 Å². The van der Waals surface area contributed by atoms with Crippen LogP contribution in [0.1, 0.15) is 16.1 Å². The number of hydrogen-bond donors (Lipinski definition) is 1. The number of hydrogen-bond acceptors (Lipinski definition) is 2. The van der Waals surface area contributed by atoms with Crippen LogP contribution in [0.4, 0.5) is 5.69 Å². The van der Waals surface area contributed by atoms with Crippen molar-refractivity contribution in [3.8, 4) is 0 Å². The van der Waals surface area contributed by atoms with Crippen molar-refractivity contribution in [2.45, 2.75) is 5.33 Å². The second-order valence-corrected chi connectivity index (χ2v) is 4.73. The van der Waals surface area contributed by atoms with E-state index in [1.165, 1.54) is 0 Å². The summed E-state index contributed by atoms with van der Waals surface area (Å²) in [6.45, 7) is 0. The molecule has 0 aliphatic carbocycles. The fraction of sp³-hybridized carbons (Fsp3) is 0.0833. The highest BCUT2D eigenvalue weighted by Crippen LogP contribution is 2.17. The molecule has 3 nitrogen and oxygen atoms in total. The lowest BCUT2D eigenvalue weighted by molar-refractivity contribution is 0.0995. The van der Waals surface area contributed by atoms with E-state index >= 15 is 0 Å². The first-order valence-corrected chi connectivity index (χ1v) is 6.82. The Morgan fingerprint density at radius 3 is 2.76 bits per heavy atom. The molecule has 0 radical (unpaired) electrons. The molecule has 0 aliphatic rings. The maximum Gasteiger partial charge on any atom is 0.291 e. The van der Waals surface area contributed by atoms with Gasteiger partial charge in [-0.1, -0.05) is 28.1 Å². The molecule has 5 heteroatoms. The van der Waals surface area contributed by atoms with Crippen LogP contribution in [0, 0.1) is 0 Å². The van der Waals surface area contributed by atoms with Gasteiger partial charge in [-0.15, -0.1) is 0 Å². The molecule has 0 saturated heterocycles. The van der Waals surface area contributed by atoms with Gasteiger partial charge in [0.05, 0.1) is 0 Å². The molecule has 0 spiro atoms. The maximum absolute atomic E-state index is 11.8. The van der Waals surface area contributed by atoms with Crippen LogP contribution >= 0.6 is 31.9 Å². The number of amides is 1. The molecule has 0 aliphatic heterocycles. The van der Waals surface area contributed by atoms with Gasteiger partial charge >= 0.3 is 0 Å².